The Morgan fingerprint density at radius 3 is 2.21 bits per heavy atom. The highest BCUT2D eigenvalue weighted by molar-refractivity contribution is 6.81. The standard InChI is InChI=1S/C12H15NSi/c1-14(2,3)10-12(9-13)11-7-5-4-6-8-11/h4-8,10H,1-3H3. The van der Waals surface area contributed by atoms with Crippen molar-refractivity contribution >= 4 is 13.6 Å². The third-order valence-corrected chi connectivity index (χ3v) is 2.94. The van der Waals surface area contributed by atoms with Crippen LogP contribution in [0.2, 0.25) is 19.6 Å². The van der Waals surface area contributed by atoms with E-state index in [1.165, 1.54) is 0 Å². The Kier molecular flexibility index (Phi) is 3.26. The third kappa shape index (κ3) is 3.19. The van der Waals surface area contributed by atoms with Gasteiger partial charge in [0.15, 0.2) is 0 Å². The van der Waals surface area contributed by atoms with Crippen LogP contribution < -0.4 is 0 Å². The van der Waals surface area contributed by atoms with Crippen LogP contribution >= 0.6 is 0 Å². The molecule has 0 spiro atoms. The Hall–Kier alpha value is -1.33. The molecule has 0 aliphatic rings. The van der Waals surface area contributed by atoms with E-state index in [9.17, 15) is 0 Å². The quantitative estimate of drug-likeness (QED) is 0.531. The first kappa shape index (κ1) is 10.7. The van der Waals surface area contributed by atoms with Gasteiger partial charge in [0.05, 0.1) is 19.7 Å². The monoisotopic (exact) mass is 201 g/mol. The lowest BCUT2D eigenvalue weighted by Crippen LogP contribution is -2.16. The molecule has 1 aromatic carbocycles. The fourth-order valence-electron chi connectivity index (χ4n) is 1.23. The predicted molar refractivity (Wildman–Crippen MR) is 63.4 cm³/mol. The summed E-state index contributed by atoms with van der Waals surface area (Å²) >= 11 is 0. The number of hydrogen-bond donors (Lipinski definition) is 0. The molecule has 1 aromatic rings. The molecule has 0 heterocycles. The third-order valence-electron chi connectivity index (χ3n) is 1.78. The highest BCUT2D eigenvalue weighted by atomic mass is 28.3. The molecule has 0 amide bonds. The highest BCUT2D eigenvalue weighted by Crippen LogP contribution is 2.16. The van der Waals surface area contributed by atoms with Gasteiger partial charge in [-0.1, -0.05) is 55.7 Å². The van der Waals surface area contributed by atoms with Gasteiger partial charge in [-0.2, -0.15) is 5.26 Å². The summed E-state index contributed by atoms with van der Waals surface area (Å²) in [6.45, 7) is 6.69. The molecule has 2 heteroatoms. The summed E-state index contributed by atoms with van der Waals surface area (Å²) in [7, 11) is -1.31. The number of allylic oxidation sites excluding steroid dienone is 1. The second-order valence-electron chi connectivity index (χ2n) is 4.40. The molecule has 0 unspecified atom stereocenters. The minimum Gasteiger partial charge on any atom is -0.192 e. The first-order valence-corrected chi connectivity index (χ1v) is 8.29. The van der Waals surface area contributed by atoms with Gasteiger partial charge in [0.2, 0.25) is 0 Å². The average Bonchev–Trinajstić information content (AvgIpc) is 2.14. The Morgan fingerprint density at radius 2 is 1.79 bits per heavy atom. The van der Waals surface area contributed by atoms with Gasteiger partial charge < -0.3 is 0 Å². The molecule has 0 aliphatic carbocycles. The molecule has 0 bridgehead atoms. The van der Waals surface area contributed by atoms with Gasteiger partial charge in [-0.3, -0.25) is 0 Å². The van der Waals surface area contributed by atoms with E-state index in [1.54, 1.807) is 0 Å². The summed E-state index contributed by atoms with van der Waals surface area (Å²) in [5, 5.41) is 9.05. The van der Waals surface area contributed by atoms with E-state index < -0.39 is 8.07 Å². The van der Waals surface area contributed by atoms with Gasteiger partial charge in [0, 0.05) is 0 Å². The molecule has 1 rings (SSSR count). The number of rotatable bonds is 2. The molecular formula is C12H15NSi. The molecular weight excluding hydrogens is 186 g/mol. The number of benzene rings is 1. The normalized spacial score (nSPS) is 12.3. The number of nitrogens with zero attached hydrogens (tertiary/aromatic N) is 1. The summed E-state index contributed by atoms with van der Waals surface area (Å²) in [5.41, 5.74) is 3.98. The van der Waals surface area contributed by atoms with E-state index in [0.29, 0.717) is 0 Å². The summed E-state index contributed by atoms with van der Waals surface area (Å²) in [6, 6.07) is 12.1. The maximum Gasteiger partial charge on any atom is 0.0990 e. The van der Waals surface area contributed by atoms with E-state index in [-0.39, 0.29) is 0 Å². The zero-order valence-electron chi connectivity index (χ0n) is 8.91. The Labute approximate surface area is 86.7 Å². The molecule has 0 aliphatic heterocycles. The van der Waals surface area contributed by atoms with Crippen molar-refractivity contribution in [1.82, 2.24) is 0 Å². The topological polar surface area (TPSA) is 23.8 Å². The van der Waals surface area contributed by atoms with E-state index in [2.05, 4.69) is 31.4 Å². The molecule has 0 saturated carbocycles. The van der Waals surface area contributed by atoms with Crippen molar-refractivity contribution in [2.24, 2.45) is 0 Å². The SMILES string of the molecule is C[Si](C)(C)C=C(C#N)c1ccccc1. The highest BCUT2D eigenvalue weighted by Gasteiger charge is 2.11. The van der Waals surface area contributed by atoms with Gasteiger partial charge in [-0.15, -0.1) is 0 Å². The van der Waals surface area contributed by atoms with Gasteiger partial charge in [-0.25, -0.2) is 0 Å². The maximum absolute atomic E-state index is 9.05. The molecule has 0 atom stereocenters. The van der Waals surface area contributed by atoms with Crippen molar-refractivity contribution in [3.05, 3.63) is 41.6 Å². The van der Waals surface area contributed by atoms with Crippen molar-refractivity contribution in [2.45, 2.75) is 19.6 Å². The molecule has 0 aromatic heterocycles. The van der Waals surface area contributed by atoms with Crippen LogP contribution in [0.3, 0.4) is 0 Å². The fraction of sp³-hybridized carbons (Fsp3) is 0.250. The van der Waals surface area contributed by atoms with Crippen molar-refractivity contribution in [3.63, 3.8) is 0 Å². The minimum absolute atomic E-state index is 0.810. The van der Waals surface area contributed by atoms with Gasteiger partial charge in [-0.05, 0) is 5.56 Å². The van der Waals surface area contributed by atoms with Crippen LogP contribution in [0.5, 0.6) is 0 Å². The molecule has 0 saturated heterocycles. The average molecular weight is 201 g/mol. The lowest BCUT2D eigenvalue weighted by atomic mass is 10.1. The molecule has 0 fully saturated rings. The number of nitriles is 1. The fourth-order valence-corrected chi connectivity index (χ4v) is 2.33. The molecule has 0 N–H and O–H groups in total. The zero-order chi connectivity index (χ0) is 10.6. The molecule has 0 radical (unpaired) electrons. The second-order valence-corrected chi connectivity index (χ2v) is 9.42. The Morgan fingerprint density at radius 1 is 1.21 bits per heavy atom. The molecule has 72 valence electrons. The van der Waals surface area contributed by atoms with E-state index in [4.69, 9.17) is 5.26 Å². The van der Waals surface area contributed by atoms with Crippen LogP contribution in [-0.2, 0) is 0 Å². The van der Waals surface area contributed by atoms with Crippen molar-refractivity contribution in [3.8, 4) is 6.07 Å². The maximum atomic E-state index is 9.05. The molecule has 14 heavy (non-hydrogen) atoms. The first-order valence-electron chi connectivity index (χ1n) is 4.71. The van der Waals surface area contributed by atoms with Crippen molar-refractivity contribution in [2.75, 3.05) is 0 Å². The second kappa shape index (κ2) is 4.25. The lowest BCUT2D eigenvalue weighted by Gasteiger charge is -2.10. The van der Waals surface area contributed by atoms with Crippen LogP contribution in [-0.4, -0.2) is 8.07 Å². The first-order chi connectivity index (χ1) is 6.53. The van der Waals surface area contributed by atoms with Gasteiger partial charge in [0.1, 0.15) is 0 Å². The van der Waals surface area contributed by atoms with Crippen LogP contribution in [0.15, 0.2) is 36.0 Å². The summed E-state index contributed by atoms with van der Waals surface area (Å²) in [5.74, 6) is 0. The van der Waals surface area contributed by atoms with E-state index >= 15 is 0 Å². The summed E-state index contributed by atoms with van der Waals surface area (Å²) in [4.78, 5) is 0. The van der Waals surface area contributed by atoms with Crippen LogP contribution in [0.25, 0.3) is 5.57 Å². The van der Waals surface area contributed by atoms with Gasteiger partial charge >= 0.3 is 0 Å². The summed E-state index contributed by atoms with van der Waals surface area (Å²) < 4.78 is 0. The van der Waals surface area contributed by atoms with E-state index in [1.807, 2.05) is 30.3 Å². The smallest absolute Gasteiger partial charge is 0.0990 e. The van der Waals surface area contributed by atoms with Gasteiger partial charge in [0.25, 0.3) is 0 Å². The number of hydrogen-bond acceptors (Lipinski definition) is 1. The largest absolute Gasteiger partial charge is 0.192 e. The molecule has 1 nitrogen and oxygen atoms in total. The Bertz CT molecular complexity index is 366. The van der Waals surface area contributed by atoms with Crippen molar-refractivity contribution < 1.29 is 0 Å². The predicted octanol–water partition coefficient (Wildman–Crippen LogP) is 3.47. The Balaban J connectivity index is 3.08. The zero-order valence-corrected chi connectivity index (χ0v) is 9.91. The minimum atomic E-state index is -1.31. The van der Waals surface area contributed by atoms with Crippen molar-refractivity contribution in [1.29, 1.82) is 5.26 Å². The van der Waals surface area contributed by atoms with Crippen LogP contribution in [0.4, 0.5) is 0 Å². The van der Waals surface area contributed by atoms with Crippen LogP contribution in [0, 0.1) is 11.3 Å². The lowest BCUT2D eigenvalue weighted by molar-refractivity contribution is 1.52. The van der Waals surface area contributed by atoms with Crippen LogP contribution in [0.1, 0.15) is 5.56 Å². The summed E-state index contributed by atoms with van der Waals surface area (Å²) in [6.07, 6.45) is 0. The van der Waals surface area contributed by atoms with E-state index in [0.717, 1.165) is 11.1 Å².